The zero-order valence-corrected chi connectivity index (χ0v) is 7.49. The lowest BCUT2D eigenvalue weighted by atomic mass is 10.3. The molecule has 0 bridgehead atoms. The molecule has 12 heavy (non-hydrogen) atoms. The molecule has 1 rings (SSSR count). The van der Waals surface area contributed by atoms with Gasteiger partial charge in [0.25, 0.3) is 0 Å². The number of rotatable bonds is 3. The van der Waals surface area contributed by atoms with E-state index in [4.69, 9.17) is 0 Å². The number of allylic oxidation sites excluding steroid dienone is 1. The Morgan fingerprint density at radius 1 is 1.42 bits per heavy atom. The Bertz CT molecular complexity index is 297. The minimum atomic E-state index is 0.835. The fraction of sp³-hybridized carbons (Fsp3) is 0.333. The molecule has 0 aliphatic rings. The van der Waals surface area contributed by atoms with Crippen LogP contribution >= 0.6 is 0 Å². The molecule has 0 N–H and O–H groups in total. The Morgan fingerprint density at radius 2 is 2.08 bits per heavy atom. The Kier molecular flexibility index (Phi) is 2.80. The summed E-state index contributed by atoms with van der Waals surface area (Å²) in [5.41, 5.74) is 1.72. The Labute approximate surface area is 72.4 Å². The van der Waals surface area contributed by atoms with Crippen LogP contribution in [-0.4, -0.2) is 15.0 Å². The Hall–Kier alpha value is -1.38. The molecular weight excluding hydrogens is 150 g/mol. The van der Waals surface area contributed by atoms with Crippen molar-refractivity contribution in [1.82, 2.24) is 15.0 Å². The lowest BCUT2D eigenvalue weighted by Gasteiger charge is -1.83. The third kappa shape index (κ3) is 1.81. The van der Waals surface area contributed by atoms with Gasteiger partial charge in [-0.05, 0) is 18.6 Å². The molecule has 0 aliphatic carbocycles. The van der Waals surface area contributed by atoms with E-state index < -0.39 is 0 Å². The van der Waals surface area contributed by atoms with Gasteiger partial charge in [0, 0.05) is 7.05 Å². The van der Waals surface area contributed by atoms with Gasteiger partial charge in [0.1, 0.15) is 11.4 Å². The second-order valence-electron chi connectivity index (χ2n) is 2.47. The van der Waals surface area contributed by atoms with Crippen LogP contribution in [0.5, 0.6) is 0 Å². The predicted octanol–water partition coefficient (Wildman–Crippen LogP) is 1.88. The van der Waals surface area contributed by atoms with Gasteiger partial charge in [-0.3, -0.25) is 0 Å². The van der Waals surface area contributed by atoms with Gasteiger partial charge in [-0.1, -0.05) is 19.6 Å². The standard InChI is InChI=1S/C9H13N3/c1-4-6-7-9-8(5-2)10-12(3)11-9/h5-7H,2,4H2,1,3H3/b7-6-. The average molecular weight is 163 g/mol. The summed E-state index contributed by atoms with van der Waals surface area (Å²) in [5, 5.41) is 8.28. The van der Waals surface area contributed by atoms with Crippen molar-refractivity contribution in [2.24, 2.45) is 7.05 Å². The molecule has 0 saturated carbocycles. The van der Waals surface area contributed by atoms with Crippen LogP contribution in [0.15, 0.2) is 12.7 Å². The van der Waals surface area contributed by atoms with Crippen LogP contribution in [0.3, 0.4) is 0 Å². The third-order valence-electron chi connectivity index (χ3n) is 1.47. The van der Waals surface area contributed by atoms with E-state index >= 15 is 0 Å². The minimum Gasteiger partial charge on any atom is -0.187 e. The van der Waals surface area contributed by atoms with Crippen LogP contribution in [0.25, 0.3) is 12.2 Å². The maximum Gasteiger partial charge on any atom is 0.112 e. The summed E-state index contributed by atoms with van der Waals surface area (Å²) in [4.78, 5) is 1.55. The molecule has 0 spiro atoms. The second-order valence-corrected chi connectivity index (χ2v) is 2.47. The van der Waals surface area contributed by atoms with Crippen molar-refractivity contribution in [2.75, 3.05) is 0 Å². The highest BCUT2D eigenvalue weighted by molar-refractivity contribution is 5.57. The Morgan fingerprint density at radius 3 is 2.67 bits per heavy atom. The van der Waals surface area contributed by atoms with Crippen molar-refractivity contribution in [3.8, 4) is 0 Å². The molecule has 0 atom stereocenters. The van der Waals surface area contributed by atoms with Gasteiger partial charge in [0.15, 0.2) is 0 Å². The lowest BCUT2D eigenvalue weighted by Crippen LogP contribution is -1.91. The number of aromatic nitrogens is 3. The van der Waals surface area contributed by atoms with Crippen molar-refractivity contribution in [1.29, 1.82) is 0 Å². The predicted molar refractivity (Wildman–Crippen MR) is 50.4 cm³/mol. The highest BCUT2D eigenvalue weighted by atomic mass is 15.5. The molecular formula is C9H13N3. The van der Waals surface area contributed by atoms with Gasteiger partial charge in [0.2, 0.25) is 0 Å². The van der Waals surface area contributed by atoms with Crippen LogP contribution in [0.2, 0.25) is 0 Å². The molecule has 1 aromatic heterocycles. The maximum absolute atomic E-state index is 4.17. The zero-order chi connectivity index (χ0) is 8.97. The van der Waals surface area contributed by atoms with E-state index in [1.54, 1.807) is 17.9 Å². The SMILES string of the molecule is C=Cc1nn(C)nc1/C=C\CC. The molecule has 3 nitrogen and oxygen atoms in total. The van der Waals surface area contributed by atoms with Gasteiger partial charge < -0.3 is 0 Å². The normalized spacial score (nSPS) is 10.8. The fourth-order valence-corrected chi connectivity index (χ4v) is 0.930. The molecule has 0 unspecified atom stereocenters. The Balaban J connectivity index is 2.96. The molecule has 0 fully saturated rings. The van der Waals surface area contributed by atoms with E-state index in [0.717, 1.165) is 17.8 Å². The third-order valence-corrected chi connectivity index (χ3v) is 1.47. The van der Waals surface area contributed by atoms with E-state index in [1.807, 2.05) is 6.08 Å². The van der Waals surface area contributed by atoms with Crippen molar-refractivity contribution in [2.45, 2.75) is 13.3 Å². The largest absolute Gasteiger partial charge is 0.187 e. The van der Waals surface area contributed by atoms with Crippen molar-refractivity contribution < 1.29 is 0 Å². The van der Waals surface area contributed by atoms with Crippen LogP contribution in [0.1, 0.15) is 24.7 Å². The molecule has 0 aliphatic heterocycles. The van der Waals surface area contributed by atoms with Crippen LogP contribution in [0, 0.1) is 0 Å². The molecule has 0 saturated heterocycles. The number of hydrogen-bond donors (Lipinski definition) is 0. The first kappa shape index (κ1) is 8.71. The van der Waals surface area contributed by atoms with Gasteiger partial charge >= 0.3 is 0 Å². The smallest absolute Gasteiger partial charge is 0.112 e. The molecule has 3 heteroatoms. The molecule has 1 heterocycles. The minimum absolute atomic E-state index is 0.835. The summed E-state index contributed by atoms with van der Waals surface area (Å²) in [7, 11) is 1.80. The quantitative estimate of drug-likeness (QED) is 0.681. The molecule has 1 aromatic rings. The first-order chi connectivity index (χ1) is 5.77. The van der Waals surface area contributed by atoms with Crippen LogP contribution < -0.4 is 0 Å². The topological polar surface area (TPSA) is 30.7 Å². The monoisotopic (exact) mass is 163 g/mol. The second kappa shape index (κ2) is 3.85. The summed E-state index contributed by atoms with van der Waals surface area (Å²) in [6, 6.07) is 0. The summed E-state index contributed by atoms with van der Waals surface area (Å²) in [6.45, 7) is 5.75. The first-order valence-electron chi connectivity index (χ1n) is 3.98. The first-order valence-corrected chi connectivity index (χ1v) is 3.98. The lowest BCUT2D eigenvalue weighted by molar-refractivity contribution is 0.651. The van der Waals surface area contributed by atoms with Crippen molar-refractivity contribution in [3.05, 3.63) is 24.0 Å². The fourth-order valence-electron chi connectivity index (χ4n) is 0.930. The average Bonchev–Trinajstić information content (AvgIpc) is 2.42. The van der Waals surface area contributed by atoms with Crippen LogP contribution in [0.4, 0.5) is 0 Å². The van der Waals surface area contributed by atoms with Gasteiger partial charge in [-0.25, -0.2) is 0 Å². The van der Waals surface area contributed by atoms with E-state index in [0.29, 0.717) is 0 Å². The number of nitrogens with zero attached hydrogens (tertiary/aromatic N) is 3. The number of hydrogen-bond acceptors (Lipinski definition) is 2. The van der Waals surface area contributed by atoms with Gasteiger partial charge in [0.05, 0.1) is 0 Å². The maximum atomic E-state index is 4.17. The summed E-state index contributed by atoms with van der Waals surface area (Å²) < 4.78 is 0. The van der Waals surface area contributed by atoms with Crippen LogP contribution in [-0.2, 0) is 7.05 Å². The van der Waals surface area contributed by atoms with E-state index in [9.17, 15) is 0 Å². The highest BCUT2D eigenvalue weighted by Crippen LogP contribution is 2.05. The molecule has 0 radical (unpaired) electrons. The van der Waals surface area contributed by atoms with E-state index in [2.05, 4.69) is 29.8 Å². The highest BCUT2D eigenvalue weighted by Gasteiger charge is 2.00. The van der Waals surface area contributed by atoms with E-state index in [-0.39, 0.29) is 0 Å². The number of aryl methyl sites for hydroxylation is 1. The molecule has 0 amide bonds. The van der Waals surface area contributed by atoms with E-state index in [1.165, 1.54) is 0 Å². The molecule has 0 aromatic carbocycles. The zero-order valence-electron chi connectivity index (χ0n) is 7.49. The van der Waals surface area contributed by atoms with Crippen molar-refractivity contribution >= 4 is 12.2 Å². The van der Waals surface area contributed by atoms with Crippen molar-refractivity contribution in [3.63, 3.8) is 0 Å². The van der Waals surface area contributed by atoms with Gasteiger partial charge in [-0.15, -0.1) is 0 Å². The summed E-state index contributed by atoms with van der Waals surface area (Å²) >= 11 is 0. The van der Waals surface area contributed by atoms with Gasteiger partial charge in [-0.2, -0.15) is 15.0 Å². The molecule has 64 valence electrons. The summed E-state index contributed by atoms with van der Waals surface area (Å²) in [6.07, 6.45) is 6.73. The summed E-state index contributed by atoms with van der Waals surface area (Å²) in [5.74, 6) is 0.